The normalized spacial score (nSPS) is 32.1. The molecule has 94 valence electrons. The predicted octanol–water partition coefficient (Wildman–Crippen LogP) is 0.587. The van der Waals surface area contributed by atoms with Gasteiger partial charge in [0.1, 0.15) is 0 Å². The van der Waals surface area contributed by atoms with E-state index in [0.717, 1.165) is 30.6 Å². The molecule has 3 atom stereocenters. The van der Waals surface area contributed by atoms with Crippen molar-refractivity contribution in [3.8, 4) is 0 Å². The average molecular weight is 274 g/mol. The largest absolute Gasteiger partial charge is 0.374 e. The van der Waals surface area contributed by atoms with Gasteiger partial charge in [-0.1, -0.05) is 17.8 Å². The van der Waals surface area contributed by atoms with E-state index in [1.54, 1.807) is 0 Å². The molecule has 3 unspecified atom stereocenters. The molecule has 0 aliphatic heterocycles. The van der Waals surface area contributed by atoms with Crippen molar-refractivity contribution in [1.82, 2.24) is 14.9 Å². The third-order valence-electron chi connectivity index (χ3n) is 3.70. The van der Waals surface area contributed by atoms with Crippen molar-refractivity contribution in [3.05, 3.63) is 0 Å². The van der Waals surface area contributed by atoms with Crippen LogP contribution in [0.25, 0.3) is 0 Å². The number of sulfonamides is 1. The van der Waals surface area contributed by atoms with Gasteiger partial charge >= 0.3 is 0 Å². The van der Waals surface area contributed by atoms with E-state index in [2.05, 4.69) is 14.9 Å². The topological polar surface area (TPSA) is 98.0 Å². The fourth-order valence-electron chi connectivity index (χ4n) is 2.97. The van der Waals surface area contributed by atoms with E-state index in [4.69, 9.17) is 5.73 Å². The first-order chi connectivity index (χ1) is 8.04. The lowest BCUT2D eigenvalue weighted by molar-refractivity contribution is 0.390. The number of rotatable bonds is 3. The Morgan fingerprint density at radius 3 is 2.65 bits per heavy atom. The van der Waals surface area contributed by atoms with Crippen molar-refractivity contribution in [1.29, 1.82) is 0 Å². The summed E-state index contributed by atoms with van der Waals surface area (Å²) in [6.07, 6.45) is 4.49. The summed E-state index contributed by atoms with van der Waals surface area (Å²) >= 11 is 0.903. The third-order valence-corrected chi connectivity index (χ3v) is 6.31. The number of nitrogens with zero attached hydrogens (tertiary/aromatic N) is 2. The highest BCUT2D eigenvalue weighted by molar-refractivity contribution is 7.91. The zero-order chi connectivity index (χ0) is 12.0. The molecular weight excluding hydrogens is 260 g/mol. The van der Waals surface area contributed by atoms with Crippen LogP contribution in [0, 0.1) is 11.8 Å². The van der Waals surface area contributed by atoms with E-state index in [0.29, 0.717) is 11.8 Å². The lowest BCUT2D eigenvalue weighted by Gasteiger charge is -2.21. The smallest absolute Gasteiger partial charge is 0.270 e. The third kappa shape index (κ3) is 2.04. The fourth-order valence-corrected chi connectivity index (χ4v) is 5.09. The fraction of sp³-hybridized carbons (Fsp3) is 0.778. The van der Waals surface area contributed by atoms with E-state index in [-0.39, 0.29) is 15.5 Å². The van der Waals surface area contributed by atoms with Gasteiger partial charge in [0, 0.05) is 6.04 Å². The first-order valence-electron chi connectivity index (χ1n) is 5.66. The van der Waals surface area contributed by atoms with Crippen LogP contribution in [0.4, 0.5) is 5.13 Å². The van der Waals surface area contributed by atoms with Crippen molar-refractivity contribution in [3.63, 3.8) is 0 Å². The second kappa shape index (κ2) is 3.89. The van der Waals surface area contributed by atoms with Gasteiger partial charge in [0.15, 0.2) is 0 Å². The lowest BCUT2D eigenvalue weighted by atomic mass is 9.96. The molecule has 0 amide bonds. The SMILES string of the molecule is Nc1nnc(S(=O)(=O)NC2CC3CCC2C3)s1. The summed E-state index contributed by atoms with van der Waals surface area (Å²) in [5, 5.41) is 7.30. The maximum absolute atomic E-state index is 12.0. The zero-order valence-electron chi connectivity index (χ0n) is 9.17. The lowest BCUT2D eigenvalue weighted by Crippen LogP contribution is -2.38. The highest BCUT2D eigenvalue weighted by Crippen LogP contribution is 2.44. The maximum atomic E-state index is 12.0. The van der Waals surface area contributed by atoms with Crippen LogP contribution in [0.15, 0.2) is 4.34 Å². The Morgan fingerprint density at radius 1 is 1.29 bits per heavy atom. The molecule has 1 aromatic heterocycles. The molecule has 1 heterocycles. The van der Waals surface area contributed by atoms with Gasteiger partial charge in [0.25, 0.3) is 10.0 Å². The average Bonchev–Trinajstić information content (AvgIpc) is 2.92. The van der Waals surface area contributed by atoms with Gasteiger partial charge in [0.05, 0.1) is 0 Å². The molecule has 2 aliphatic rings. The summed E-state index contributed by atoms with van der Waals surface area (Å²) in [7, 11) is -3.53. The molecule has 3 N–H and O–H groups in total. The van der Waals surface area contributed by atoms with Crippen molar-refractivity contribution >= 4 is 26.5 Å². The highest BCUT2D eigenvalue weighted by atomic mass is 32.2. The Kier molecular flexibility index (Phi) is 2.60. The summed E-state index contributed by atoms with van der Waals surface area (Å²) in [6.45, 7) is 0. The van der Waals surface area contributed by atoms with Crippen molar-refractivity contribution in [2.24, 2.45) is 11.8 Å². The molecule has 2 saturated carbocycles. The quantitative estimate of drug-likeness (QED) is 0.840. The number of aromatic nitrogens is 2. The van der Waals surface area contributed by atoms with Gasteiger partial charge in [-0.3, -0.25) is 0 Å². The monoisotopic (exact) mass is 274 g/mol. The molecule has 8 heteroatoms. The summed E-state index contributed by atoms with van der Waals surface area (Å²) in [5.41, 5.74) is 5.40. The molecule has 0 aromatic carbocycles. The van der Waals surface area contributed by atoms with Gasteiger partial charge in [0.2, 0.25) is 9.47 Å². The molecule has 6 nitrogen and oxygen atoms in total. The first kappa shape index (κ1) is 11.4. The second-order valence-electron chi connectivity index (χ2n) is 4.81. The number of nitrogens with one attached hydrogen (secondary N) is 1. The molecule has 2 bridgehead atoms. The summed E-state index contributed by atoms with van der Waals surface area (Å²) in [5.74, 6) is 1.20. The Morgan fingerprint density at radius 2 is 2.12 bits per heavy atom. The molecule has 2 aliphatic carbocycles. The number of fused-ring (bicyclic) bond motifs is 2. The number of hydrogen-bond donors (Lipinski definition) is 2. The summed E-state index contributed by atoms with van der Waals surface area (Å²) < 4.78 is 26.7. The van der Waals surface area contributed by atoms with Crippen LogP contribution in [0.1, 0.15) is 25.7 Å². The zero-order valence-corrected chi connectivity index (χ0v) is 10.8. The second-order valence-corrected chi connectivity index (χ2v) is 7.71. The van der Waals surface area contributed by atoms with Gasteiger partial charge in [-0.2, -0.15) is 0 Å². The van der Waals surface area contributed by atoms with Crippen LogP contribution in [0.5, 0.6) is 0 Å². The maximum Gasteiger partial charge on any atom is 0.270 e. The molecule has 2 fully saturated rings. The van der Waals surface area contributed by atoms with Crippen molar-refractivity contribution in [2.45, 2.75) is 36.1 Å². The van der Waals surface area contributed by atoms with Gasteiger partial charge in [-0.15, -0.1) is 10.2 Å². The number of nitrogen functional groups attached to an aromatic ring is 1. The molecule has 17 heavy (non-hydrogen) atoms. The van der Waals surface area contributed by atoms with E-state index in [1.165, 1.54) is 6.42 Å². The van der Waals surface area contributed by atoms with E-state index in [9.17, 15) is 8.42 Å². The van der Waals surface area contributed by atoms with Crippen LogP contribution < -0.4 is 10.5 Å². The van der Waals surface area contributed by atoms with E-state index in [1.807, 2.05) is 0 Å². The van der Waals surface area contributed by atoms with Crippen LogP contribution in [-0.2, 0) is 10.0 Å². The van der Waals surface area contributed by atoms with Crippen molar-refractivity contribution in [2.75, 3.05) is 5.73 Å². The molecule has 3 rings (SSSR count). The standard InChI is InChI=1S/C9H14N4O2S2/c10-8-11-12-9(16-8)17(14,15)13-7-4-5-1-2-6(7)3-5/h5-7,13H,1-4H2,(H2,10,11). The molecule has 0 saturated heterocycles. The Bertz CT molecular complexity index is 527. The Labute approximate surface area is 104 Å². The first-order valence-corrected chi connectivity index (χ1v) is 7.96. The number of nitrogens with two attached hydrogens (primary N) is 1. The summed E-state index contributed by atoms with van der Waals surface area (Å²) in [4.78, 5) is 0. The van der Waals surface area contributed by atoms with Gasteiger partial charge in [-0.25, -0.2) is 13.1 Å². The number of anilines is 1. The Balaban J connectivity index is 1.76. The molecule has 0 spiro atoms. The van der Waals surface area contributed by atoms with Crippen LogP contribution in [0.3, 0.4) is 0 Å². The van der Waals surface area contributed by atoms with Crippen molar-refractivity contribution < 1.29 is 8.42 Å². The molecule has 1 aromatic rings. The summed E-state index contributed by atoms with van der Waals surface area (Å²) in [6, 6.07) is 0.0730. The minimum Gasteiger partial charge on any atom is -0.374 e. The van der Waals surface area contributed by atoms with Crippen LogP contribution >= 0.6 is 11.3 Å². The number of hydrogen-bond acceptors (Lipinski definition) is 6. The highest BCUT2D eigenvalue weighted by Gasteiger charge is 2.41. The van der Waals surface area contributed by atoms with Gasteiger partial charge in [-0.05, 0) is 31.1 Å². The molecule has 0 radical (unpaired) electrons. The van der Waals surface area contributed by atoms with Crippen LogP contribution in [-0.4, -0.2) is 24.7 Å². The minimum atomic E-state index is -3.53. The Hall–Kier alpha value is -0.730. The predicted molar refractivity (Wildman–Crippen MR) is 63.9 cm³/mol. The minimum absolute atomic E-state index is 0.0298. The van der Waals surface area contributed by atoms with Gasteiger partial charge < -0.3 is 5.73 Å². The van der Waals surface area contributed by atoms with E-state index >= 15 is 0 Å². The molecular formula is C9H14N4O2S2. The van der Waals surface area contributed by atoms with E-state index < -0.39 is 10.0 Å². The van der Waals surface area contributed by atoms with Crippen LogP contribution in [0.2, 0.25) is 0 Å².